The van der Waals surface area contributed by atoms with Gasteiger partial charge >= 0.3 is 5.69 Å². The SMILES string of the molecule is COC1CCN(CCn2nc3ccccn3c2=O)C(CN)C1.Cl. The minimum atomic E-state index is -0.0910. The summed E-state index contributed by atoms with van der Waals surface area (Å²) in [5, 5.41) is 4.36. The number of halogens is 1. The highest BCUT2D eigenvalue weighted by molar-refractivity contribution is 5.85. The molecule has 3 heterocycles. The molecule has 128 valence electrons. The molecule has 0 amide bonds. The van der Waals surface area contributed by atoms with Gasteiger partial charge in [-0.2, -0.15) is 0 Å². The maximum atomic E-state index is 12.3. The molecule has 0 saturated carbocycles. The first-order chi connectivity index (χ1) is 10.7. The molecular weight excluding hydrogens is 318 g/mol. The summed E-state index contributed by atoms with van der Waals surface area (Å²) in [4.78, 5) is 14.6. The van der Waals surface area contributed by atoms with Gasteiger partial charge in [-0.25, -0.2) is 9.48 Å². The van der Waals surface area contributed by atoms with Crippen LogP contribution in [0.2, 0.25) is 0 Å². The zero-order chi connectivity index (χ0) is 15.5. The second-order valence-corrected chi connectivity index (χ2v) is 5.74. The van der Waals surface area contributed by atoms with Gasteiger partial charge in [0.2, 0.25) is 0 Å². The number of hydrogen-bond donors (Lipinski definition) is 1. The highest BCUT2D eigenvalue weighted by Crippen LogP contribution is 2.18. The van der Waals surface area contributed by atoms with E-state index in [2.05, 4.69) is 10.00 Å². The van der Waals surface area contributed by atoms with E-state index < -0.39 is 0 Å². The van der Waals surface area contributed by atoms with Crippen molar-refractivity contribution in [2.24, 2.45) is 5.73 Å². The van der Waals surface area contributed by atoms with Crippen molar-refractivity contribution in [3.05, 3.63) is 34.9 Å². The lowest BCUT2D eigenvalue weighted by Gasteiger charge is -2.38. The third kappa shape index (κ3) is 3.74. The molecule has 8 heteroatoms. The number of fused-ring (bicyclic) bond motifs is 1. The van der Waals surface area contributed by atoms with Crippen LogP contribution in [0.5, 0.6) is 0 Å². The lowest BCUT2D eigenvalue weighted by atomic mass is 9.99. The summed E-state index contributed by atoms with van der Waals surface area (Å²) in [6, 6.07) is 5.86. The molecular formula is C15H24ClN5O2. The molecule has 2 aromatic heterocycles. The zero-order valence-electron chi connectivity index (χ0n) is 13.3. The molecule has 0 aromatic carbocycles. The fourth-order valence-electron chi connectivity index (χ4n) is 3.15. The van der Waals surface area contributed by atoms with Crippen molar-refractivity contribution in [2.75, 3.05) is 26.7 Å². The van der Waals surface area contributed by atoms with Crippen molar-refractivity contribution in [1.82, 2.24) is 19.1 Å². The molecule has 2 aromatic rings. The Morgan fingerprint density at radius 3 is 2.91 bits per heavy atom. The van der Waals surface area contributed by atoms with Gasteiger partial charge in [0.25, 0.3) is 0 Å². The van der Waals surface area contributed by atoms with Crippen molar-refractivity contribution >= 4 is 18.1 Å². The Hall–Kier alpha value is -1.41. The second-order valence-electron chi connectivity index (χ2n) is 5.74. The standard InChI is InChI=1S/C15H23N5O2.ClH/c1-22-13-5-7-18(12(10-13)11-16)8-9-20-15(21)19-6-3-2-4-14(19)17-20;/h2-4,6,12-13H,5,7-11,16H2,1H3;1H. The molecule has 1 aliphatic heterocycles. The van der Waals surface area contributed by atoms with Gasteiger partial charge in [0, 0.05) is 39.0 Å². The minimum absolute atomic E-state index is 0. The summed E-state index contributed by atoms with van der Waals surface area (Å²) in [5.74, 6) is 0. The van der Waals surface area contributed by atoms with Gasteiger partial charge in [-0.05, 0) is 25.0 Å². The van der Waals surface area contributed by atoms with Gasteiger partial charge in [-0.1, -0.05) is 6.07 Å². The monoisotopic (exact) mass is 341 g/mol. The number of rotatable bonds is 5. The molecule has 1 aliphatic rings. The number of nitrogens with zero attached hydrogens (tertiary/aromatic N) is 4. The van der Waals surface area contributed by atoms with E-state index in [1.807, 2.05) is 18.2 Å². The predicted octanol–water partition coefficient (Wildman–Crippen LogP) is 0.356. The van der Waals surface area contributed by atoms with Crippen molar-refractivity contribution in [3.63, 3.8) is 0 Å². The summed E-state index contributed by atoms with van der Waals surface area (Å²) in [5.41, 5.74) is 6.48. The third-order valence-electron chi connectivity index (χ3n) is 4.48. The lowest BCUT2D eigenvalue weighted by Crippen LogP contribution is -2.49. The summed E-state index contributed by atoms with van der Waals surface area (Å²) < 4.78 is 8.54. The molecule has 7 nitrogen and oxygen atoms in total. The molecule has 0 aliphatic carbocycles. The first kappa shape index (κ1) is 17.9. The van der Waals surface area contributed by atoms with E-state index in [0.29, 0.717) is 30.9 Å². The van der Waals surface area contributed by atoms with Crippen LogP contribution >= 0.6 is 12.4 Å². The Labute approximate surface area is 141 Å². The largest absolute Gasteiger partial charge is 0.381 e. The van der Waals surface area contributed by atoms with E-state index in [-0.39, 0.29) is 18.1 Å². The highest BCUT2D eigenvalue weighted by atomic mass is 35.5. The van der Waals surface area contributed by atoms with Crippen LogP contribution in [0.4, 0.5) is 0 Å². The molecule has 3 rings (SSSR count). The Morgan fingerprint density at radius 2 is 2.22 bits per heavy atom. The van der Waals surface area contributed by atoms with Crippen LogP contribution in [0.3, 0.4) is 0 Å². The molecule has 23 heavy (non-hydrogen) atoms. The molecule has 1 fully saturated rings. The fraction of sp³-hybridized carbons (Fsp3) is 0.600. The summed E-state index contributed by atoms with van der Waals surface area (Å²) in [7, 11) is 1.75. The van der Waals surface area contributed by atoms with Gasteiger partial charge in [-0.15, -0.1) is 17.5 Å². The second kappa shape index (κ2) is 7.92. The van der Waals surface area contributed by atoms with Gasteiger partial charge < -0.3 is 10.5 Å². The Kier molecular flexibility index (Phi) is 6.17. The van der Waals surface area contributed by atoms with E-state index >= 15 is 0 Å². The van der Waals surface area contributed by atoms with E-state index in [4.69, 9.17) is 10.5 Å². The number of pyridine rings is 1. The Morgan fingerprint density at radius 1 is 1.39 bits per heavy atom. The first-order valence-electron chi connectivity index (χ1n) is 7.74. The summed E-state index contributed by atoms with van der Waals surface area (Å²) in [6.45, 7) is 2.92. The van der Waals surface area contributed by atoms with Crippen LogP contribution in [-0.2, 0) is 11.3 Å². The van der Waals surface area contributed by atoms with E-state index in [0.717, 1.165) is 25.9 Å². The molecule has 0 radical (unpaired) electrons. The topological polar surface area (TPSA) is 77.8 Å². The normalized spacial score (nSPS) is 22.2. The number of likely N-dealkylation sites (tertiary alicyclic amines) is 1. The van der Waals surface area contributed by atoms with Crippen LogP contribution in [0.25, 0.3) is 5.65 Å². The molecule has 0 bridgehead atoms. The van der Waals surface area contributed by atoms with Gasteiger partial charge in [0.05, 0.1) is 12.6 Å². The van der Waals surface area contributed by atoms with E-state index in [1.165, 1.54) is 4.68 Å². The molecule has 2 unspecified atom stereocenters. The molecule has 1 saturated heterocycles. The van der Waals surface area contributed by atoms with Crippen molar-refractivity contribution < 1.29 is 4.74 Å². The van der Waals surface area contributed by atoms with Gasteiger partial charge in [0.15, 0.2) is 5.65 Å². The number of methoxy groups -OCH3 is 1. The first-order valence-corrected chi connectivity index (χ1v) is 7.74. The van der Waals surface area contributed by atoms with E-state index in [1.54, 1.807) is 17.7 Å². The average Bonchev–Trinajstić information content (AvgIpc) is 2.89. The van der Waals surface area contributed by atoms with Gasteiger partial charge in [0.1, 0.15) is 0 Å². The third-order valence-corrected chi connectivity index (χ3v) is 4.48. The van der Waals surface area contributed by atoms with Crippen molar-refractivity contribution in [2.45, 2.75) is 31.5 Å². The molecule has 0 spiro atoms. The highest BCUT2D eigenvalue weighted by Gasteiger charge is 2.27. The Bertz CT molecular complexity index is 686. The maximum Gasteiger partial charge on any atom is 0.350 e. The maximum absolute atomic E-state index is 12.3. The molecule has 2 N–H and O–H groups in total. The van der Waals surface area contributed by atoms with Crippen LogP contribution in [0.1, 0.15) is 12.8 Å². The van der Waals surface area contributed by atoms with Gasteiger partial charge in [-0.3, -0.25) is 9.30 Å². The molecule has 2 atom stereocenters. The van der Waals surface area contributed by atoms with Crippen molar-refractivity contribution in [3.8, 4) is 0 Å². The average molecular weight is 342 g/mol. The van der Waals surface area contributed by atoms with Crippen molar-refractivity contribution in [1.29, 1.82) is 0 Å². The smallest absolute Gasteiger partial charge is 0.350 e. The Balaban J connectivity index is 0.00000192. The summed E-state index contributed by atoms with van der Waals surface area (Å²) >= 11 is 0. The number of nitrogens with two attached hydrogens (primary N) is 1. The quantitative estimate of drug-likeness (QED) is 0.849. The van der Waals surface area contributed by atoms with Crippen LogP contribution in [-0.4, -0.2) is 58.0 Å². The predicted molar refractivity (Wildman–Crippen MR) is 91.1 cm³/mol. The van der Waals surface area contributed by atoms with Crippen LogP contribution in [0.15, 0.2) is 29.2 Å². The number of aromatic nitrogens is 3. The van der Waals surface area contributed by atoms with Crippen LogP contribution < -0.4 is 11.4 Å². The minimum Gasteiger partial charge on any atom is -0.381 e. The number of ether oxygens (including phenoxy) is 1. The lowest BCUT2D eigenvalue weighted by molar-refractivity contribution is 0.0118. The number of hydrogen-bond acceptors (Lipinski definition) is 5. The van der Waals surface area contributed by atoms with E-state index in [9.17, 15) is 4.79 Å². The zero-order valence-corrected chi connectivity index (χ0v) is 14.1. The summed E-state index contributed by atoms with van der Waals surface area (Å²) in [6.07, 6.45) is 4.00. The number of piperidine rings is 1. The fourth-order valence-corrected chi connectivity index (χ4v) is 3.15. The van der Waals surface area contributed by atoms with Crippen LogP contribution in [0, 0.1) is 0 Å².